The molecule has 1 rings (SSSR count). The summed E-state index contributed by atoms with van der Waals surface area (Å²) < 4.78 is 0. The van der Waals surface area contributed by atoms with Crippen LogP contribution in [0.1, 0.15) is 46.5 Å². The Hall–Kier alpha value is -0.120. The van der Waals surface area contributed by atoms with E-state index in [1.807, 2.05) is 0 Å². The summed E-state index contributed by atoms with van der Waals surface area (Å²) in [5.74, 6) is 1.39. The molecule has 0 amide bonds. The summed E-state index contributed by atoms with van der Waals surface area (Å²) in [7, 11) is 0. The molecule has 1 heterocycles. The van der Waals surface area contributed by atoms with E-state index < -0.39 is 0 Å². The lowest BCUT2D eigenvalue weighted by atomic mass is 9.91. The second-order valence-electron chi connectivity index (χ2n) is 6.23. The number of likely N-dealkylation sites (tertiary alicyclic amines) is 1. The molecule has 18 heavy (non-hydrogen) atoms. The number of nitrogens with one attached hydrogen (secondary N) is 1. The fraction of sp³-hybridized carbons (Fsp3) is 1.00. The summed E-state index contributed by atoms with van der Waals surface area (Å²) in [4.78, 5) is 2.59. The Kier molecular flexibility index (Phi) is 7.87. The van der Waals surface area contributed by atoms with Gasteiger partial charge in [-0.3, -0.25) is 0 Å². The SMILES string of the molecule is CCCCN1CC(CCO)CC(NCC(C)C)C1. The Morgan fingerprint density at radius 3 is 2.72 bits per heavy atom. The lowest BCUT2D eigenvalue weighted by Gasteiger charge is -2.38. The van der Waals surface area contributed by atoms with Crippen molar-refractivity contribution >= 4 is 0 Å². The highest BCUT2D eigenvalue weighted by molar-refractivity contribution is 4.83. The van der Waals surface area contributed by atoms with Crippen molar-refractivity contribution in [3.63, 3.8) is 0 Å². The number of aliphatic hydroxyl groups is 1. The van der Waals surface area contributed by atoms with Gasteiger partial charge in [-0.15, -0.1) is 0 Å². The van der Waals surface area contributed by atoms with Crippen LogP contribution in [0, 0.1) is 11.8 Å². The Bertz CT molecular complexity index is 209. The fourth-order valence-electron chi connectivity index (χ4n) is 2.81. The minimum absolute atomic E-state index is 0.336. The first kappa shape index (κ1) is 15.9. The summed E-state index contributed by atoms with van der Waals surface area (Å²) in [5.41, 5.74) is 0. The minimum atomic E-state index is 0.336. The monoisotopic (exact) mass is 256 g/mol. The standard InChI is InChI=1S/C15H32N2O/c1-4-5-7-17-11-14(6-8-18)9-15(12-17)16-10-13(2)3/h13-16,18H,4-12H2,1-3H3. The van der Waals surface area contributed by atoms with Crippen LogP contribution in [0.5, 0.6) is 0 Å². The molecule has 0 aromatic rings. The van der Waals surface area contributed by atoms with Crippen LogP contribution < -0.4 is 5.32 Å². The molecule has 0 aromatic carbocycles. The number of nitrogens with zero attached hydrogens (tertiary/aromatic N) is 1. The van der Waals surface area contributed by atoms with E-state index in [1.54, 1.807) is 0 Å². The van der Waals surface area contributed by atoms with E-state index in [9.17, 15) is 0 Å². The molecule has 2 unspecified atom stereocenters. The van der Waals surface area contributed by atoms with Crippen molar-refractivity contribution in [3.05, 3.63) is 0 Å². The van der Waals surface area contributed by atoms with E-state index in [0.29, 0.717) is 24.5 Å². The first-order valence-corrected chi connectivity index (χ1v) is 7.72. The van der Waals surface area contributed by atoms with Crippen molar-refractivity contribution in [1.29, 1.82) is 0 Å². The summed E-state index contributed by atoms with van der Waals surface area (Å²) in [6.07, 6.45) is 4.76. The van der Waals surface area contributed by atoms with Gasteiger partial charge in [0.2, 0.25) is 0 Å². The molecule has 1 saturated heterocycles. The second kappa shape index (κ2) is 8.89. The number of rotatable bonds is 8. The molecule has 2 N–H and O–H groups in total. The van der Waals surface area contributed by atoms with Crippen LogP contribution in [0.25, 0.3) is 0 Å². The predicted molar refractivity (Wildman–Crippen MR) is 77.8 cm³/mol. The quantitative estimate of drug-likeness (QED) is 0.698. The smallest absolute Gasteiger partial charge is 0.0434 e. The van der Waals surface area contributed by atoms with Crippen LogP contribution in [0.2, 0.25) is 0 Å². The third-order valence-corrected chi connectivity index (χ3v) is 3.79. The third-order valence-electron chi connectivity index (χ3n) is 3.79. The summed E-state index contributed by atoms with van der Waals surface area (Å²) in [5, 5.41) is 12.8. The lowest BCUT2D eigenvalue weighted by Crippen LogP contribution is -2.50. The number of piperidine rings is 1. The molecule has 1 aliphatic rings. The maximum absolute atomic E-state index is 9.15. The molecule has 1 aliphatic heterocycles. The van der Waals surface area contributed by atoms with Crippen LogP contribution in [-0.2, 0) is 0 Å². The van der Waals surface area contributed by atoms with Gasteiger partial charge in [0.05, 0.1) is 0 Å². The molecule has 0 aromatic heterocycles. The highest BCUT2D eigenvalue weighted by Crippen LogP contribution is 2.20. The summed E-state index contributed by atoms with van der Waals surface area (Å²) >= 11 is 0. The van der Waals surface area contributed by atoms with Gasteiger partial charge in [0.15, 0.2) is 0 Å². The van der Waals surface area contributed by atoms with E-state index in [2.05, 4.69) is 31.0 Å². The molecule has 0 aliphatic carbocycles. The lowest BCUT2D eigenvalue weighted by molar-refractivity contribution is 0.118. The van der Waals surface area contributed by atoms with Gasteiger partial charge in [-0.1, -0.05) is 27.2 Å². The van der Waals surface area contributed by atoms with Crippen molar-refractivity contribution < 1.29 is 5.11 Å². The average molecular weight is 256 g/mol. The molecule has 3 heteroatoms. The first-order valence-electron chi connectivity index (χ1n) is 7.72. The van der Waals surface area contributed by atoms with E-state index in [-0.39, 0.29) is 0 Å². The molecule has 3 nitrogen and oxygen atoms in total. The summed E-state index contributed by atoms with van der Waals surface area (Å²) in [6.45, 7) is 11.8. The molecule has 2 atom stereocenters. The minimum Gasteiger partial charge on any atom is -0.396 e. The normalized spacial score (nSPS) is 25.8. The van der Waals surface area contributed by atoms with Gasteiger partial charge < -0.3 is 15.3 Å². The van der Waals surface area contributed by atoms with Crippen molar-refractivity contribution in [2.75, 3.05) is 32.8 Å². The topological polar surface area (TPSA) is 35.5 Å². The van der Waals surface area contributed by atoms with Crippen molar-refractivity contribution in [3.8, 4) is 0 Å². The van der Waals surface area contributed by atoms with E-state index >= 15 is 0 Å². The van der Waals surface area contributed by atoms with Gasteiger partial charge in [-0.25, -0.2) is 0 Å². The van der Waals surface area contributed by atoms with E-state index in [0.717, 1.165) is 13.0 Å². The second-order valence-corrected chi connectivity index (χ2v) is 6.23. The number of aliphatic hydroxyl groups excluding tert-OH is 1. The predicted octanol–water partition coefficient (Wildman–Crippen LogP) is 2.10. The van der Waals surface area contributed by atoms with Crippen LogP contribution >= 0.6 is 0 Å². The van der Waals surface area contributed by atoms with Crippen LogP contribution in [0.4, 0.5) is 0 Å². The maximum atomic E-state index is 9.15. The van der Waals surface area contributed by atoms with E-state index in [1.165, 1.54) is 38.9 Å². The molecule has 0 radical (unpaired) electrons. The zero-order valence-electron chi connectivity index (χ0n) is 12.5. The van der Waals surface area contributed by atoms with Gasteiger partial charge in [0.1, 0.15) is 0 Å². The van der Waals surface area contributed by atoms with E-state index in [4.69, 9.17) is 5.11 Å². The zero-order chi connectivity index (χ0) is 13.4. The number of unbranched alkanes of at least 4 members (excludes halogenated alkanes) is 1. The Balaban J connectivity index is 2.40. The van der Waals surface area contributed by atoms with Gasteiger partial charge in [0.25, 0.3) is 0 Å². The maximum Gasteiger partial charge on any atom is 0.0434 e. The molecule has 1 fully saturated rings. The first-order chi connectivity index (χ1) is 8.65. The molecule has 0 spiro atoms. The largest absolute Gasteiger partial charge is 0.396 e. The van der Waals surface area contributed by atoms with Gasteiger partial charge >= 0.3 is 0 Å². The van der Waals surface area contributed by atoms with Gasteiger partial charge in [-0.05, 0) is 44.2 Å². The zero-order valence-corrected chi connectivity index (χ0v) is 12.5. The highest BCUT2D eigenvalue weighted by atomic mass is 16.3. The third kappa shape index (κ3) is 6.17. The average Bonchev–Trinajstić information content (AvgIpc) is 2.34. The highest BCUT2D eigenvalue weighted by Gasteiger charge is 2.26. The van der Waals surface area contributed by atoms with Crippen LogP contribution in [-0.4, -0.2) is 48.8 Å². The molecule has 0 bridgehead atoms. The van der Waals surface area contributed by atoms with Crippen LogP contribution in [0.3, 0.4) is 0 Å². The van der Waals surface area contributed by atoms with Gasteiger partial charge in [-0.2, -0.15) is 0 Å². The Morgan fingerprint density at radius 1 is 1.33 bits per heavy atom. The molecule has 0 saturated carbocycles. The van der Waals surface area contributed by atoms with Gasteiger partial charge in [0, 0.05) is 25.7 Å². The Labute approximate surface area is 113 Å². The number of hydrogen-bond acceptors (Lipinski definition) is 3. The Morgan fingerprint density at radius 2 is 2.11 bits per heavy atom. The van der Waals surface area contributed by atoms with Crippen molar-refractivity contribution in [2.45, 2.75) is 52.5 Å². The summed E-state index contributed by atoms with van der Waals surface area (Å²) in [6, 6.07) is 0.620. The van der Waals surface area contributed by atoms with Crippen LogP contribution in [0.15, 0.2) is 0 Å². The van der Waals surface area contributed by atoms with Crippen molar-refractivity contribution in [1.82, 2.24) is 10.2 Å². The molecular weight excluding hydrogens is 224 g/mol. The molecular formula is C15H32N2O. The number of hydrogen-bond donors (Lipinski definition) is 2. The van der Waals surface area contributed by atoms with Crippen molar-refractivity contribution in [2.24, 2.45) is 11.8 Å². The molecule has 108 valence electrons. The fourth-order valence-corrected chi connectivity index (χ4v) is 2.81.